The zero-order chi connectivity index (χ0) is 36.1. The van der Waals surface area contributed by atoms with Crippen LogP contribution in [0, 0.1) is 28.6 Å². The van der Waals surface area contributed by atoms with E-state index < -0.39 is 29.4 Å². The van der Waals surface area contributed by atoms with Gasteiger partial charge in [0.2, 0.25) is 17.6 Å². The molecule has 274 valence electrons. The summed E-state index contributed by atoms with van der Waals surface area (Å²) >= 11 is 0. The fraction of sp³-hybridized carbons (Fsp3) is 0.667. The molecule has 11 nitrogen and oxygen atoms in total. The average Bonchev–Trinajstić information content (AvgIpc) is 3.37. The molecule has 4 aliphatic rings. The molecule has 0 radical (unpaired) electrons. The van der Waals surface area contributed by atoms with Gasteiger partial charge in [0.1, 0.15) is 5.60 Å². The summed E-state index contributed by atoms with van der Waals surface area (Å²) < 4.78 is 5.28. The van der Waals surface area contributed by atoms with Crippen molar-refractivity contribution >= 4 is 29.4 Å². The van der Waals surface area contributed by atoms with E-state index in [2.05, 4.69) is 17.6 Å². The number of benzene rings is 1. The Bertz CT molecular complexity index is 1510. The van der Waals surface area contributed by atoms with Gasteiger partial charge in [0.15, 0.2) is 23.9 Å². The number of hydrogen-bond donors (Lipinski definition) is 5. The zero-order valence-electron chi connectivity index (χ0n) is 29.6. The van der Waals surface area contributed by atoms with Crippen molar-refractivity contribution < 1.29 is 44.0 Å². The summed E-state index contributed by atoms with van der Waals surface area (Å²) in [6, 6.07) is 4.56. The maximum absolute atomic E-state index is 13.5. The number of phenols is 2. The van der Waals surface area contributed by atoms with Crippen LogP contribution in [0.1, 0.15) is 109 Å². The quantitative estimate of drug-likeness (QED) is 0.0998. The average molecular weight is 695 g/mol. The van der Waals surface area contributed by atoms with Gasteiger partial charge < -0.3 is 30.7 Å². The standard InChI is InChI=1S/C39H54N2O9/c1-37-17-13-27(42)23-26(37)8-9-28-29(37)14-18-38(2)30(28)15-19-39(38,49)33(45)24-50-36(48)12-11-35(47)40-20-5-3-4-6-34(46)41-21-16-25-7-10-31(43)32(44)22-25/h7,10,22-23,28-30,43-44,49H,3-6,8-9,11-21,24H2,1-2H3,(H,40,47)(H,41,46)/t28-,29-,30+,37-,38+,39-/m0/s1. The fourth-order valence-electron chi connectivity index (χ4n) is 9.65. The maximum Gasteiger partial charge on any atom is 0.306 e. The van der Waals surface area contributed by atoms with Gasteiger partial charge in [-0.05, 0) is 111 Å². The lowest BCUT2D eigenvalue weighted by atomic mass is 9.46. The highest BCUT2D eigenvalue weighted by Crippen LogP contribution is 2.67. The number of rotatable bonds is 15. The van der Waals surface area contributed by atoms with E-state index in [1.807, 2.05) is 13.0 Å². The van der Waals surface area contributed by atoms with Crippen molar-refractivity contribution in [3.63, 3.8) is 0 Å². The van der Waals surface area contributed by atoms with Crippen LogP contribution in [-0.4, -0.2) is 70.0 Å². The highest BCUT2D eigenvalue weighted by Gasteiger charge is 2.66. The molecule has 0 bridgehead atoms. The molecule has 6 atom stereocenters. The van der Waals surface area contributed by atoms with Crippen molar-refractivity contribution in [2.45, 2.75) is 116 Å². The Hall–Kier alpha value is -3.73. The number of allylic oxidation sites excluding steroid dienone is 1. The summed E-state index contributed by atoms with van der Waals surface area (Å²) in [5, 5.41) is 36.4. The van der Waals surface area contributed by atoms with Crippen molar-refractivity contribution in [2.24, 2.45) is 28.6 Å². The second-order valence-corrected chi connectivity index (χ2v) is 15.5. The van der Waals surface area contributed by atoms with Gasteiger partial charge in [-0.1, -0.05) is 31.9 Å². The number of carbonyl (C=O) groups is 5. The highest BCUT2D eigenvalue weighted by atomic mass is 16.5. The first-order chi connectivity index (χ1) is 23.8. The number of fused-ring (bicyclic) bond motifs is 5. The molecule has 50 heavy (non-hydrogen) atoms. The predicted octanol–water partition coefficient (Wildman–Crippen LogP) is 4.59. The summed E-state index contributed by atoms with van der Waals surface area (Å²) in [5.41, 5.74) is -0.0574. The Morgan fingerprint density at radius 2 is 1.58 bits per heavy atom. The zero-order valence-corrected chi connectivity index (χ0v) is 29.6. The number of unbranched alkanes of at least 4 members (excludes halogenated alkanes) is 2. The van der Waals surface area contributed by atoms with Gasteiger partial charge in [-0.25, -0.2) is 0 Å². The van der Waals surface area contributed by atoms with Crippen LogP contribution in [0.2, 0.25) is 0 Å². The second kappa shape index (κ2) is 15.7. The summed E-state index contributed by atoms with van der Waals surface area (Å²) in [4.78, 5) is 62.4. The molecule has 5 rings (SSSR count). The second-order valence-electron chi connectivity index (χ2n) is 15.5. The van der Waals surface area contributed by atoms with E-state index in [1.165, 1.54) is 17.7 Å². The number of ether oxygens (including phenoxy) is 1. The number of aliphatic hydroxyl groups is 1. The van der Waals surface area contributed by atoms with Crippen LogP contribution < -0.4 is 10.6 Å². The fourth-order valence-corrected chi connectivity index (χ4v) is 9.65. The Morgan fingerprint density at radius 3 is 2.36 bits per heavy atom. The Balaban J connectivity index is 0.951. The largest absolute Gasteiger partial charge is 0.504 e. The van der Waals surface area contributed by atoms with Crippen LogP contribution in [0.15, 0.2) is 29.8 Å². The third kappa shape index (κ3) is 7.92. The van der Waals surface area contributed by atoms with Crippen molar-refractivity contribution in [2.75, 3.05) is 19.7 Å². The number of aromatic hydroxyl groups is 2. The van der Waals surface area contributed by atoms with Crippen LogP contribution in [0.5, 0.6) is 11.5 Å². The minimum absolute atomic E-state index is 0.00784. The van der Waals surface area contributed by atoms with E-state index >= 15 is 0 Å². The lowest BCUT2D eigenvalue weighted by Crippen LogP contribution is -2.58. The van der Waals surface area contributed by atoms with Crippen LogP contribution in [-0.2, 0) is 35.1 Å². The number of phenolic OH excluding ortho intramolecular Hbond substituents is 2. The lowest BCUT2D eigenvalue weighted by Gasteiger charge is -2.58. The van der Waals surface area contributed by atoms with E-state index in [1.54, 1.807) is 6.07 Å². The Kier molecular flexibility index (Phi) is 11.8. The predicted molar refractivity (Wildman–Crippen MR) is 185 cm³/mol. The minimum atomic E-state index is -1.56. The number of esters is 1. The van der Waals surface area contributed by atoms with Gasteiger partial charge in [-0.2, -0.15) is 0 Å². The maximum atomic E-state index is 13.5. The van der Waals surface area contributed by atoms with Crippen LogP contribution >= 0.6 is 0 Å². The Morgan fingerprint density at radius 1 is 0.840 bits per heavy atom. The molecule has 0 aliphatic heterocycles. The van der Waals surface area contributed by atoms with Crippen molar-refractivity contribution in [3.05, 3.63) is 35.4 Å². The summed E-state index contributed by atoms with van der Waals surface area (Å²) in [5.74, 6) is -0.619. The molecule has 0 saturated heterocycles. The number of nitrogens with one attached hydrogen (secondary N) is 2. The molecule has 3 fully saturated rings. The summed E-state index contributed by atoms with van der Waals surface area (Å²) in [7, 11) is 0. The van der Waals surface area contributed by atoms with Gasteiger partial charge in [0, 0.05) is 37.8 Å². The molecule has 0 spiro atoms. The summed E-state index contributed by atoms with van der Waals surface area (Å²) in [6.07, 6.45) is 10.7. The molecule has 0 unspecified atom stereocenters. The smallest absolute Gasteiger partial charge is 0.306 e. The number of amides is 2. The molecule has 1 aromatic rings. The normalized spacial score (nSPS) is 29.9. The van der Waals surface area contributed by atoms with E-state index in [9.17, 15) is 39.3 Å². The molecular formula is C39H54N2O9. The van der Waals surface area contributed by atoms with E-state index in [4.69, 9.17) is 4.74 Å². The first-order valence-corrected chi connectivity index (χ1v) is 18.5. The molecule has 5 N–H and O–H groups in total. The molecule has 4 aliphatic carbocycles. The topological polar surface area (TPSA) is 179 Å². The van der Waals surface area contributed by atoms with Gasteiger partial charge in [0.05, 0.1) is 6.42 Å². The van der Waals surface area contributed by atoms with E-state index in [0.717, 1.165) is 44.1 Å². The molecule has 11 heteroatoms. The first kappa shape index (κ1) is 37.5. The minimum Gasteiger partial charge on any atom is -0.504 e. The molecule has 1 aromatic carbocycles. The van der Waals surface area contributed by atoms with Crippen LogP contribution in [0.4, 0.5) is 0 Å². The van der Waals surface area contributed by atoms with Crippen LogP contribution in [0.25, 0.3) is 0 Å². The SMILES string of the molecule is C[C@]12CCC(=O)C=C1CC[C@@H]1[C@H]3CC[C@](O)(C(=O)COC(=O)CCC(=O)NCCCCCC(=O)NCCc4ccc(O)c(O)c4)[C@]3(C)CC[C@@H]12. The van der Waals surface area contributed by atoms with Gasteiger partial charge in [-0.3, -0.25) is 24.0 Å². The van der Waals surface area contributed by atoms with Gasteiger partial charge in [0.25, 0.3) is 0 Å². The summed E-state index contributed by atoms with van der Waals surface area (Å²) in [6.45, 7) is 4.67. The molecule has 0 heterocycles. The number of hydrogen-bond acceptors (Lipinski definition) is 9. The molecule has 2 amide bonds. The number of carbonyl (C=O) groups excluding carboxylic acids is 5. The third-order valence-electron chi connectivity index (χ3n) is 12.7. The van der Waals surface area contributed by atoms with E-state index in [0.29, 0.717) is 69.9 Å². The lowest BCUT2D eigenvalue weighted by molar-refractivity contribution is -0.170. The number of Topliss-reactive ketones (excluding diaryl/α,β-unsaturated/α-hetero) is 1. The Labute approximate surface area is 294 Å². The third-order valence-corrected chi connectivity index (χ3v) is 12.7. The molecule has 3 saturated carbocycles. The molecule has 0 aromatic heterocycles. The van der Waals surface area contributed by atoms with Crippen molar-refractivity contribution in [3.8, 4) is 11.5 Å². The monoisotopic (exact) mass is 694 g/mol. The van der Waals surface area contributed by atoms with Crippen molar-refractivity contribution in [1.29, 1.82) is 0 Å². The first-order valence-electron chi connectivity index (χ1n) is 18.5. The highest BCUT2D eigenvalue weighted by molar-refractivity contribution is 5.92. The van der Waals surface area contributed by atoms with Gasteiger partial charge >= 0.3 is 5.97 Å². The van der Waals surface area contributed by atoms with Crippen LogP contribution in [0.3, 0.4) is 0 Å². The number of ketones is 2. The van der Waals surface area contributed by atoms with Crippen molar-refractivity contribution in [1.82, 2.24) is 10.6 Å². The van der Waals surface area contributed by atoms with Gasteiger partial charge in [-0.15, -0.1) is 0 Å². The molecular weight excluding hydrogens is 640 g/mol. The van der Waals surface area contributed by atoms with E-state index in [-0.39, 0.29) is 53.3 Å².